The lowest BCUT2D eigenvalue weighted by Crippen LogP contribution is -2.40. The van der Waals surface area contributed by atoms with Crippen LogP contribution < -0.4 is 4.90 Å². The molecule has 2 heterocycles. The number of carboxylic acid groups (broad SMARTS) is 1. The third-order valence-electron chi connectivity index (χ3n) is 3.16. The summed E-state index contributed by atoms with van der Waals surface area (Å²) in [6.07, 6.45) is -2.17. The molecular weight excluding hydrogens is 297 g/mol. The number of nitrogens with zero attached hydrogens (tertiary/aromatic N) is 2. The lowest BCUT2D eigenvalue weighted by atomic mass is 9.98. The van der Waals surface area contributed by atoms with E-state index in [2.05, 4.69) is 4.98 Å². The molecule has 0 saturated carbocycles. The summed E-state index contributed by atoms with van der Waals surface area (Å²) < 4.78 is 38.6. The van der Waals surface area contributed by atoms with Gasteiger partial charge in [-0.1, -0.05) is 0 Å². The topological polar surface area (TPSA) is 53.4 Å². The quantitative estimate of drug-likeness (QED) is 0.912. The molecule has 0 radical (unpaired) electrons. The van der Waals surface area contributed by atoms with Crippen molar-refractivity contribution in [2.24, 2.45) is 5.92 Å². The average Bonchev–Trinajstić information content (AvgIpc) is 2.38. The van der Waals surface area contributed by atoms with E-state index < -0.39 is 23.6 Å². The summed E-state index contributed by atoms with van der Waals surface area (Å²) in [5, 5.41) is 8.96. The number of hydrogen-bond donors (Lipinski definition) is 1. The third-order valence-corrected chi connectivity index (χ3v) is 3.16. The number of aromatic nitrogens is 1. The monoisotopic (exact) mass is 310 g/mol. The molecule has 4 nitrogen and oxygen atoms in total. The molecule has 0 bridgehead atoms. The van der Waals surface area contributed by atoms with Crippen molar-refractivity contribution in [3.63, 3.8) is 0 Å². The van der Waals surface area contributed by atoms with Crippen LogP contribution in [-0.4, -0.2) is 29.1 Å². The summed E-state index contributed by atoms with van der Waals surface area (Å²) in [4.78, 5) is 16.1. The Morgan fingerprint density at radius 2 is 2.15 bits per heavy atom. The summed E-state index contributed by atoms with van der Waals surface area (Å²) in [7, 11) is 0. The number of halogens is 4. The molecule has 1 N–H and O–H groups in total. The first-order valence-corrected chi connectivity index (χ1v) is 5.89. The number of carboxylic acids is 1. The van der Waals surface area contributed by atoms with Crippen molar-refractivity contribution in [1.82, 2.24) is 4.98 Å². The largest absolute Gasteiger partial charge is 0.481 e. The first-order chi connectivity index (χ1) is 8.89. The lowest BCUT2D eigenvalue weighted by molar-refractivity contribution is -0.141. The van der Waals surface area contributed by atoms with Crippen molar-refractivity contribution < 1.29 is 23.1 Å². The van der Waals surface area contributed by atoms with Gasteiger partial charge in [-0.05, 0) is 25.0 Å². The highest BCUT2D eigenvalue weighted by atomic mass is 35.5. The molecule has 1 aromatic heterocycles. The second-order valence-corrected chi connectivity index (χ2v) is 4.50. The van der Waals surface area contributed by atoms with Crippen LogP contribution in [0, 0.1) is 5.92 Å². The van der Waals surface area contributed by atoms with Gasteiger partial charge in [0, 0.05) is 19.3 Å². The second-order valence-electron chi connectivity index (χ2n) is 4.50. The number of hydrogen-bond acceptors (Lipinski definition) is 3. The van der Waals surface area contributed by atoms with Gasteiger partial charge in [0.25, 0.3) is 0 Å². The standard InChI is InChI=1S/C12H13F3N2O2.ClH/c13-12(14,15)9-4-1-5-16-10(9)17-6-2-3-8(7-17)11(18)19;/h1,4-5,8H,2-3,6-7H2,(H,18,19);1H. The molecule has 1 unspecified atom stereocenters. The normalized spacial score (nSPS) is 19.4. The predicted octanol–water partition coefficient (Wildman–Crippen LogP) is 2.82. The third kappa shape index (κ3) is 3.53. The molecule has 0 amide bonds. The molecule has 1 atom stereocenters. The summed E-state index contributed by atoms with van der Waals surface area (Å²) in [5.41, 5.74) is -0.818. The molecule has 112 valence electrons. The fourth-order valence-corrected chi connectivity index (χ4v) is 2.24. The molecule has 0 spiro atoms. The number of rotatable bonds is 2. The second kappa shape index (κ2) is 6.30. The van der Waals surface area contributed by atoms with Gasteiger partial charge < -0.3 is 10.0 Å². The maximum absolute atomic E-state index is 12.9. The van der Waals surface area contributed by atoms with E-state index in [4.69, 9.17) is 5.11 Å². The molecule has 2 rings (SSSR count). The van der Waals surface area contributed by atoms with Crippen LogP contribution in [0.4, 0.5) is 19.0 Å². The highest BCUT2D eigenvalue weighted by molar-refractivity contribution is 5.85. The van der Waals surface area contributed by atoms with Gasteiger partial charge in [-0.2, -0.15) is 13.2 Å². The van der Waals surface area contributed by atoms with E-state index in [1.54, 1.807) is 0 Å². The van der Waals surface area contributed by atoms with Crippen LogP contribution in [-0.2, 0) is 11.0 Å². The number of piperidine rings is 1. The minimum atomic E-state index is -4.49. The fraction of sp³-hybridized carbons (Fsp3) is 0.500. The maximum Gasteiger partial charge on any atom is 0.419 e. The lowest BCUT2D eigenvalue weighted by Gasteiger charge is -2.33. The van der Waals surface area contributed by atoms with Crippen LogP contribution in [0.25, 0.3) is 0 Å². The van der Waals surface area contributed by atoms with E-state index in [0.29, 0.717) is 19.4 Å². The predicted molar refractivity (Wildman–Crippen MR) is 69.1 cm³/mol. The van der Waals surface area contributed by atoms with Crippen LogP contribution in [0.15, 0.2) is 18.3 Å². The molecule has 1 aromatic rings. The van der Waals surface area contributed by atoms with Crippen LogP contribution >= 0.6 is 12.4 Å². The first-order valence-electron chi connectivity index (χ1n) is 5.89. The van der Waals surface area contributed by atoms with Gasteiger partial charge in [-0.25, -0.2) is 4.98 Å². The van der Waals surface area contributed by atoms with Gasteiger partial charge in [-0.3, -0.25) is 4.79 Å². The minimum Gasteiger partial charge on any atom is -0.481 e. The maximum atomic E-state index is 12.9. The highest BCUT2D eigenvalue weighted by Crippen LogP contribution is 2.36. The van der Waals surface area contributed by atoms with E-state index in [1.165, 1.54) is 17.2 Å². The zero-order valence-corrected chi connectivity index (χ0v) is 11.2. The summed E-state index contributed by atoms with van der Waals surface area (Å²) >= 11 is 0. The van der Waals surface area contributed by atoms with Crippen molar-refractivity contribution in [2.75, 3.05) is 18.0 Å². The molecule has 8 heteroatoms. The van der Waals surface area contributed by atoms with E-state index in [1.807, 2.05) is 0 Å². The van der Waals surface area contributed by atoms with E-state index in [0.717, 1.165) is 6.07 Å². The van der Waals surface area contributed by atoms with Crippen molar-refractivity contribution >= 4 is 24.2 Å². The van der Waals surface area contributed by atoms with Crippen LogP contribution in [0.5, 0.6) is 0 Å². The van der Waals surface area contributed by atoms with E-state index in [-0.39, 0.29) is 24.8 Å². The molecular formula is C12H14ClF3N2O2. The van der Waals surface area contributed by atoms with Gasteiger partial charge in [0.2, 0.25) is 0 Å². The Hall–Kier alpha value is -1.50. The smallest absolute Gasteiger partial charge is 0.419 e. The van der Waals surface area contributed by atoms with Gasteiger partial charge in [0.15, 0.2) is 0 Å². The zero-order chi connectivity index (χ0) is 14.0. The van der Waals surface area contributed by atoms with Gasteiger partial charge in [0.05, 0.1) is 11.5 Å². The summed E-state index contributed by atoms with van der Waals surface area (Å²) in [6.45, 7) is 0.458. The van der Waals surface area contributed by atoms with Gasteiger partial charge >= 0.3 is 12.1 Å². The van der Waals surface area contributed by atoms with Gasteiger partial charge in [0.1, 0.15) is 5.82 Å². The molecule has 0 aromatic carbocycles. The molecule has 20 heavy (non-hydrogen) atoms. The Morgan fingerprint density at radius 3 is 2.75 bits per heavy atom. The number of anilines is 1. The summed E-state index contributed by atoms with van der Waals surface area (Å²) in [5.74, 6) is -1.80. The molecule has 1 aliphatic rings. The van der Waals surface area contributed by atoms with E-state index in [9.17, 15) is 18.0 Å². The van der Waals surface area contributed by atoms with Crippen LogP contribution in [0.1, 0.15) is 18.4 Å². The molecule has 1 saturated heterocycles. The Balaban J connectivity index is 0.00000200. The fourth-order valence-electron chi connectivity index (χ4n) is 2.24. The number of pyridine rings is 1. The van der Waals surface area contributed by atoms with Crippen LogP contribution in [0.3, 0.4) is 0 Å². The number of alkyl halides is 3. The van der Waals surface area contributed by atoms with Crippen LogP contribution in [0.2, 0.25) is 0 Å². The molecule has 1 aliphatic heterocycles. The first kappa shape index (κ1) is 16.6. The Morgan fingerprint density at radius 1 is 1.45 bits per heavy atom. The number of carbonyl (C=O) groups is 1. The Bertz CT molecular complexity index is 482. The zero-order valence-electron chi connectivity index (χ0n) is 10.4. The van der Waals surface area contributed by atoms with Crippen molar-refractivity contribution in [1.29, 1.82) is 0 Å². The Labute approximate surface area is 120 Å². The van der Waals surface area contributed by atoms with Crippen molar-refractivity contribution in [3.8, 4) is 0 Å². The summed E-state index contributed by atoms with van der Waals surface area (Å²) in [6, 6.07) is 2.19. The van der Waals surface area contributed by atoms with E-state index >= 15 is 0 Å². The highest BCUT2D eigenvalue weighted by Gasteiger charge is 2.37. The van der Waals surface area contributed by atoms with Crippen molar-refractivity contribution in [2.45, 2.75) is 19.0 Å². The molecule has 0 aliphatic carbocycles. The minimum absolute atomic E-state index is 0. The van der Waals surface area contributed by atoms with Crippen molar-refractivity contribution in [3.05, 3.63) is 23.9 Å². The molecule has 1 fully saturated rings. The Kier molecular flexibility index (Phi) is 5.21. The number of aliphatic carboxylic acids is 1. The SMILES string of the molecule is Cl.O=C(O)C1CCCN(c2ncccc2C(F)(F)F)C1. The average molecular weight is 311 g/mol. The van der Waals surface area contributed by atoms with Gasteiger partial charge in [-0.15, -0.1) is 12.4 Å².